The second-order valence-corrected chi connectivity index (χ2v) is 9.99. The summed E-state index contributed by atoms with van der Waals surface area (Å²) in [5, 5.41) is 3.99. The fraction of sp³-hybridized carbons (Fsp3) is 0.185. The number of nitrogens with zero attached hydrogens (tertiary/aromatic N) is 3. The first-order chi connectivity index (χ1) is 17.1. The first kappa shape index (κ1) is 24.5. The number of hydrogen-bond acceptors (Lipinski definition) is 2. The molecular weight excluding hydrogens is 549 g/mol. The zero-order chi connectivity index (χ0) is 25.6. The highest BCUT2D eigenvalue weighted by molar-refractivity contribution is 9.10. The fourth-order valence-electron chi connectivity index (χ4n) is 4.86. The quantitative estimate of drug-likeness (QED) is 0.258. The van der Waals surface area contributed by atoms with Crippen LogP contribution in [0.2, 0.25) is 0 Å². The molecule has 0 aliphatic carbocycles. The molecule has 1 N–H and O–H groups in total. The molecule has 1 aliphatic rings. The largest absolute Gasteiger partial charge is 0.416 e. The molecule has 2 atom stereocenters. The Balaban J connectivity index is 1.67. The van der Waals surface area contributed by atoms with Crippen LogP contribution in [-0.2, 0) is 6.18 Å². The van der Waals surface area contributed by atoms with Crippen molar-refractivity contribution >= 4 is 38.9 Å². The Labute approximate surface area is 220 Å². The number of halogens is 4. The third-order valence-corrected chi connectivity index (χ3v) is 7.27. The second kappa shape index (κ2) is 9.37. The molecule has 3 heterocycles. The van der Waals surface area contributed by atoms with Crippen LogP contribution < -0.4 is 10.2 Å². The third-order valence-electron chi connectivity index (χ3n) is 6.42. The summed E-state index contributed by atoms with van der Waals surface area (Å²) >= 11 is 9.27. The Kier molecular flexibility index (Phi) is 6.38. The molecule has 9 heteroatoms. The maximum Gasteiger partial charge on any atom is 0.416 e. The molecule has 0 bridgehead atoms. The highest BCUT2D eigenvalue weighted by Gasteiger charge is 2.42. The topological polar surface area (TPSA) is 33.1 Å². The Hall–Kier alpha value is -3.17. The van der Waals surface area contributed by atoms with Gasteiger partial charge in [-0.3, -0.25) is 4.98 Å². The number of rotatable bonds is 4. The van der Waals surface area contributed by atoms with Crippen molar-refractivity contribution in [3.63, 3.8) is 0 Å². The summed E-state index contributed by atoms with van der Waals surface area (Å²) in [5.74, 6) is 0. The lowest BCUT2D eigenvalue weighted by atomic mass is 9.96. The van der Waals surface area contributed by atoms with Crippen molar-refractivity contribution in [2.75, 3.05) is 4.90 Å². The smallest absolute Gasteiger partial charge is 0.351 e. The average Bonchev–Trinajstić information content (AvgIpc) is 3.35. The zero-order valence-electron chi connectivity index (χ0n) is 19.4. The van der Waals surface area contributed by atoms with E-state index in [1.54, 1.807) is 12.3 Å². The number of alkyl halides is 3. The molecule has 1 aliphatic heterocycles. The van der Waals surface area contributed by atoms with Crippen LogP contribution in [0.3, 0.4) is 0 Å². The minimum Gasteiger partial charge on any atom is -0.351 e. The lowest BCUT2D eigenvalue weighted by Crippen LogP contribution is -2.29. The molecule has 1 fully saturated rings. The normalized spacial score (nSPS) is 17.9. The van der Waals surface area contributed by atoms with Crippen molar-refractivity contribution in [1.82, 2.24) is 14.9 Å². The van der Waals surface area contributed by atoms with Crippen LogP contribution in [0, 0.1) is 13.8 Å². The van der Waals surface area contributed by atoms with E-state index in [1.165, 1.54) is 12.1 Å². The third kappa shape index (κ3) is 4.41. The highest BCUT2D eigenvalue weighted by Crippen LogP contribution is 2.44. The summed E-state index contributed by atoms with van der Waals surface area (Å²) in [6.45, 7) is 3.83. The van der Waals surface area contributed by atoms with E-state index in [1.807, 2.05) is 66.9 Å². The number of aryl methyl sites for hydroxylation is 1. The first-order valence-electron chi connectivity index (χ1n) is 11.3. The van der Waals surface area contributed by atoms with Crippen molar-refractivity contribution in [3.05, 3.63) is 112 Å². The molecule has 0 unspecified atom stereocenters. The van der Waals surface area contributed by atoms with E-state index in [0.29, 0.717) is 10.8 Å². The SMILES string of the molecule is Cc1cc([C@H]2[C@H](c3ccccn3)NC(=S)N2c2ccc(Br)cc2)c(C)n1-c1cccc(C(F)(F)F)c1. The number of nitrogens with one attached hydrogen (secondary N) is 1. The molecule has 0 spiro atoms. The van der Waals surface area contributed by atoms with Crippen molar-refractivity contribution in [2.24, 2.45) is 0 Å². The maximum atomic E-state index is 13.4. The Morgan fingerprint density at radius 1 is 0.944 bits per heavy atom. The number of pyridine rings is 1. The van der Waals surface area contributed by atoms with E-state index in [2.05, 4.69) is 31.1 Å². The van der Waals surface area contributed by atoms with Gasteiger partial charge < -0.3 is 14.8 Å². The van der Waals surface area contributed by atoms with E-state index in [0.717, 1.165) is 38.9 Å². The number of benzene rings is 2. The van der Waals surface area contributed by atoms with Crippen LogP contribution >= 0.6 is 28.1 Å². The van der Waals surface area contributed by atoms with E-state index >= 15 is 0 Å². The molecule has 4 nitrogen and oxygen atoms in total. The molecule has 184 valence electrons. The van der Waals surface area contributed by atoms with Crippen LogP contribution in [0.4, 0.5) is 18.9 Å². The van der Waals surface area contributed by atoms with Gasteiger partial charge in [-0.05, 0) is 92.3 Å². The molecule has 5 rings (SSSR count). The number of aromatic nitrogens is 2. The van der Waals surface area contributed by atoms with Gasteiger partial charge >= 0.3 is 6.18 Å². The van der Waals surface area contributed by atoms with Crippen LogP contribution in [0.15, 0.2) is 83.5 Å². The number of hydrogen-bond donors (Lipinski definition) is 1. The van der Waals surface area contributed by atoms with Crippen molar-refractivity contribution < 1.29 is 13.2 Å². The lowest BCUT2D eigenvalue weighted by molar-refractivity contribution is -0.137. The predicted molar refractivity (Wildman–Crippen MR) is 142 cm³/mol. The van der Waals surface area contributed by atoms with Gasteiger partial charge in [-0.25, -0.2) is 0 Å². The van der Waals surface area contributed by atoms with Gasteiger partial charge in [0, 0.05) is 33.4 Å². The maximum absolute atomic E-state index is 13.4. The van der Waals surface area contributed by atoms with Crippen molar-refractivity contribution in [1.29, 1.82) is 0 Å². The van der Waals surface area contributed by atoms with Gasteiger partial charge in [0.25, 0.3) is 0 Å². The highest BCUT2D eigenvalue weighted by atomic mass is 79.9. The second-order valence-electron chi connectivity index (χ2n) is 8.68. The van der Waals surface area contributed by atoms with Gasteiger partial charge in [0.2, 0.25) is 0 Å². The standard InChI is InChI=1S/C27H22BrF3N4S/c1-16-14-22(17(2)34(16)21-7-5-6-18(15-21)27(29,30)31)25-24(23-8-3-4-13-32-23)33-26(36)35(25)20-11-9-19(28)10-12-20/h3-15,24-25H,1-2H3,(H,33,36)/t24-,25-/m0/s1. The molecule has 36 heavy (non-hydrogen) atoms. The minimum absolute atomic E-state index is 0.252. The molecule has 2 aromatic carbocycles. The number of thiocarbonyl (C=S) groups is 1. The predicted octanol–water partition coefficient (Wildman–Crippen LogP) is 7.45. The van der Waals surface area contributed by atoms with Crippen LogP contribution in [0.1, 0.15) is 40.3 Å². The van der Waals surface area contributed by atoms with E-state index < -0.39 is 11.7 Å². The monoisotopic (exact) mass is 570 g/mol. The molecule has 2 aromatic heterocycles. The van der Waals surface area contributed by atoms with E-state index in [9.17, 15) is 13.2 Å². The van der Waals surface area contributed by atoms with Crippen molar-refractivity contribution in [3.8, 4) is 5.69 Å². The van der Waals surface area contributed by atoms with Gasteiger partial charge in [0.15, 0.2) is 5.11 Å². The Bertz CT molecular complexity index is 1420. The minimum atomic E-state index is -4.42. The van der Waals surface area contributed by atoms with Crippen molar-refractivity contribution in [2.45, 2.75) is 32.1 Å². The van der Waals surface area contributed by atoms with Gasteiger partial charge in [0.1, 0.15) is 0 Å². The first-order valence-corrected chi connectivity index (χ1v) is 12.5. The molecule has 0 saturated carbocycles. The van der Waals surface area contributed by atoms with Crippen LogP contribution in [0.5, 0.6) is 0 Å². The summed E-state index contributed by atoms with van der Waals surface area (Å²) in [5.41, 5.74) is 4.14. The molecule has 0 amide bonds. The molecule has 0 radical (unpaired) electrons. The summed E-state index contributed by atoms with van der Waals surface area (Å²) in [7, 11) is 0. The lowest BCUT2D eigenvalue weighted by Gasteiger charge is -2.28. The van der Waals surface area contributed by atoms with Crippen LogP contribution in [0.25, 0.3) is 5.69 Å². The fourth-order valence-corrected chi connectivity index (χ4v) is 5.47. The van der Waals surface area contributed by atoms with Crippen LogP contribution in [-0.4, -0.2) is 14.7 Å². The Morgan fingerprint density at radius 3 is 2.36 bits per heavy atom. The average molecular weight is 571 g/mol. The van der Waals surface area contributed by atoms with E-state index in [-0.39, 0.29) is 12.1 Å². The summed E-state index contributed by atoms with van der Waals surface area (Å²) in [6.07, 6.45) is -2.68. The molecule has 1 saturated heterocycles. The van der Waals surface area contributed by atoms with Gasteiger partial charge in [-0.2, -0.15) is 13.2 Å². The van der Waals surface area contributed by atoms with Gasteiger partial charge in [-0.1, -0.05) is 28.1 Å². The van der Waals surface area contributed by atoms with Gasteiger partial charge in [0.05, 0.1) is 23.3 Å². The van der Waals surface area contributed by atoms with Gasteiger partial charge in [-0.15, -0.1) is 0 Å². The van der Waals surface area contributed by atoms with E-state index in [4.69, 9.17) is 12.2 Å². The number of anilines is 1. The summed E-state index contributed by atoms with van der Waals surface area (Å²) < 4.78 is 43.1. The molecule has 4 aromatic rings. The zero-order valence-corrected chi connectivity index (χ0v) is 21.8. The Morgan fingerprint density at radius 2 is 1.69 bits per heavy atom. The summed E-state index contributed by atoms with van der Waals surface area (Å²) in [6, 6.07) is 20.5. The summed E-state index contributed by atoms with van der Waals surface area (Å²) in [4.78, 5) is 6.64. The molecular formula is C27H22BrF3N4S.